The molecule has 0 fully saturated rings. The minimum atomic E-state index is 0. The van der Waals surface area contributed by atoms with Crippen LogP contribution in [0.2, 0.25) is 0 Å². The fourth-order valence-corrected chi connectivity index (χ4v) is 3.48. The summed E-state index contributed by atoms with van der Waals surface area (Å²) in [7, 11) is 1.59. The molecule has 0 radical (unpaired) electrons. The molecule has 3 aromatic rings. The summed E-state index contributed by atoms with van der Waals surface area (Å²) in [6.45, 7) is 6.37. The van der Waals surface area contributed by atoms with Gasteiger partial charge in [-0.05, 0) is 55.5 Å². The molecular formula is C23H31IN4O2. The van der Waals surface area contributed by atoms with Gasteiger partial charge in [-0.2, -0.15) is 0 Å². The topological polar surface area (TPSA) is 81.7 Å². The molecular weight excluding hydrogens is 491 g/mol. The second-order valence-corrected chi connectivity index (χ2v) is 6.99. The number of halogens is 1. The van der Waals surface area contributed by atoms with Crippen LogP contribution in [0.1, 0.15) is 23.6 Å². The second kappa shape index (κ2) is 11.7. The van der Waals surface area contributed by atoms with Gasteiger partial charge in [0.2, 0.25) is 0 Å². The Morgan fingerprint density at radius 1 is 1.13 bits per heavy atom. The highest BCUT2D eigenvalue weighted by Gasteiger charge is 2.07. The van der Waals surface area contributed by atoms with E-state index in [1.807, 2.05) is 12.1 Å². The summed E-state index contributed by atoms with van der Waals surface area (Å²) in [6.07, 6.45) is 3.67. The van der Waals surface area contributed by atoms with Crippen molar-refractivity contribution in [1.29, 1.82) is 0 Å². The number of aryl methyl sites for hydroxylation is 1. The highest BCUT2D eigenvalue weighted by Crippen LogP contribution is 2.24. The molecule has 0 atom stereocenters. The quantitative estimate of drug-likeness (QED) is 0.204. The number of guanidine groups is 1. The van der Waals surface area contributed by atoms with Crippen molar-refractivity contribution in [2.24, 2.45) is 4.99 Å². The molecule has 0 saturated carbocycles. The van der Waals surface area contributed by atoms with Crippen molar-refractivity contribution in [2.45, 2.75) is 26.7 Å². The highest BCUT2D eigenvalue weighted by atomic mass is 127. The number of aromatic nitrogens is 1. The minimum absolute atomic E-state index is 0. The number of H-pyrrole nitrogens is 1. The molecule has 4 N–H and O–H groups in total. The van der Waals surface area contributed by atoms with E-state index in [9.17, 15) is 5.11 Å². The number of aromatic amines is 1. The van der Waals surface area contributed by atoms with Crippen molar-refractivity contribution in [3.63, 3.8) is 0 Å². The lowest BCUT2D eigenvalue weighted by atomic mass is 10.1. The average molecular weight is 522 g/mol. The van der Waals surface area contributed by atoms with E-state index in [0.29, 0.717) is 18.7 Å². The molecule has 0 aliphatic heterocycles. The van der Waals surface area contributed by atoms with Gasteiger partial charge >= 0.3 is 0 Å². The predicted molar refractivity (Wildman–Crippen MR) is 134 cm³/mol. The number of rotatable bonds is 8. The van der Waals surface area contributed by atoms with E-state index in [-0.39, 0.29) is 29.7 Å². The number of phenolic OH excluding ortho intramolecular Hbond substituents is 1. The zero-order valence-electron chi connectivity index (χ0n) is 17.8. The molecule has 2 aromatic carbocycles. The molecule has 3 rings (SSSR count). The van der Waals surface area contributed by atoms with Gasteiger partial charge in [0, 0.05) is 42.8 Å². The zero-order valence-corrected chi connectivity index (χ0v) is 20.1. The van der Waals surface area contributed by atoms with Crippen molar-refractivity contribution in [1.82, 2.24) is 15.6 Å². The summed E-state index contributed by atoms with van der Waals surface area (Å²) in [5.41, 5.74) is 4.64. The number of aliphatic imine (C=N–C) groups is 1. The lowest BCUT2D eigenvalue weighted by molar-refractivity contribution is 0.406. The third-order valence-electron chi connectivity index (χ3n) is 4.97. The molecule has 0 spiro atoms. The van der Waals surface area contributed by atoms with E-state index in [2.05, 4.69) is 58.9 Å². The van der Waals surface area contributed by atoms with Gasteiger partial charge in [-0.1, -0.05) is 18.2 Å². The molecule has 0 aliphatic carbocycles. The van der Waals surface area contributed by atoms with Crippen molar-refractivity contribution in [3.05, 3.63) is 59.3 Å². The summed E-state index contributed by atoms with van der Waals surface area (Å²) >= 11 is 0. The van der Waals surface area contributed by atoms with Gasteiger partial charge in [0.15, 0.2) is 5.96 Å². The summed E-state index contributed by atoms with van der Waals surface area (Å²) in [5.74, 6) is 1.68. The van der Waals surface area contributed by atoms with Gasteiger partial charge in [0.1, 0.15) is 11.5 Å². The molecule has 6 nitrogen and oxygen atoms in total. The summed E-state index contributed by atoms with van der Waals surface area (Å²) < 4.78 is 5.12. The number of benzene rings is 2. The van der Waals surface area contributed by atoms with Gasteiger partial charge in [0.25, 0.3) is 0 Å². The lowest BCUT2D eigenvalue weighted by Crippen LogP contribution is -2.38. The Kier molecular flexibility index (Phi) is 9.29. The average Bonchev–Trinajstić information content (AvgIpc) is 3.13. The number of hydrogen-bond donors (Lipinski definition) is 4. The predicted octanol–water partition coefficient (Wildman–Crippen LogP) is 4.15. The third-order valence-corrected chi connectivity index (χ3v) is 4.97. The first-order chi connectivity index (χ1) is 14.1. The molecule has 0 bridgehead atoms. The molecule has 30 heavy (non-hydrogen) atoms. The number of ether oxygens (including phenoxy) is 1. The van der Waals surface area contributed by atoms with Crippen LogP contribution in [0, 0.1) is 6.92 Å². The Morgan fingerprint density at radius 3 is 2.70 bits per heavy atom. The van der Waals surface area contributed by atoms with Gasteiger partial charge in [-0.15, -0.1) is 24.0 Å². The fraction of sp³-hybridized carbons (Fsp3) is 0.348. The minimum Gasteiger partial charge on any atom is -0.508 e. The van der Waals surface area contributed by atoms with Crippen LogP contribution < -0.4 is 15.4 Å². The lowest BCUT2D eigenvalue weighted by Gasteiger charge is -2.12. The maximum absolute atomic E-state index is 10.1. The normalized spacial score (nSPS) is 11.2. The maximum atomic E-state index is 10.1. The Bertz CT molecular complexity index is 984. The van der Waals surface area contributed by atoms with Crippen LogP contribution in [0.25, 0.3) is 10.9 Å². The van der Waals surface area contributed by atoms with E-state index < -0.39 is 0 Å². The SMILES string of the molecule is CCNC(=NCCc1ccc(OC)cc1O)NCCc1c[nH]c2cccc(C)c12.I. The van der Waals surface area contributed by atoms with Crippen molar-refractivity contribution in [3.8, 4) is 11.5 Å². The van der Waals surface area contributed by atoms with Crippen molar-refractivity contribution < 1.29 is 9.84 Å². The third kappa shape index (κ3) is 6.04. The first-order valence-corrected chi connectivity index (χ1v) is 10.1. The van der Waals surface area contributed by atoms with E-state index in [4.69, 9.17) is 4.74 Å². The number of nitrogens with one attached hydrogen (secondary N) is 3. The second-order valence-electron chi connectivity index (χ2n) is 6.99. The molecule has 162 valence electrons. The van der Waals surface area contributed by atoms with E-state index in [0.717, 1.165) is 31.0 Å². The molecule has 1 aromatic heterocycles. The Hall–Kier alpha value is -2.42. The van der Waals surface area contributed by atoms with Gasteiger partial charge < -0.3 is 25.5 Å². The smallest absolute Gasteiger partial charge is 0.191 e. The molecule has 0 unspecified atom stereocenters. The number of aromatic hydroxyl groups is 1. The molecule has 1 heterocycles. The van der Waals surface area contributed by atoms with Crippen LogP contribution in [0.5, 0.6) is 11.5 Å². The molecule has 7 heteroatoms. The van der Waals surface area contributed by atoms with E-state index >= 15 is 0 Å². The standard InChI is InChI=1S/C23H30N4O2.HI/c1-4-24-23(25-12-10-17-8-9-19(29-3)14-21(17)28)26-13-11-18-15-27-20-7-5-6-16(2)22(18)20;/h5-9,14-15,27-28H,4,10-13H2,1-3H3,(H2,24,25,26);1H. The van der Waals surface area contributed by atoms with Crippen LogP contribution >= 0.6 is 24.0 Å². The summed E-state index contributed by atoms with van der Waals surface area (Å²) in [6, 6.07) is 11.7. The molecule has 0 amide bonds. The van der Waals surface area contributed by atoms with E-state index in [1.165, 1.54) is 22.0 Å². The Balaban J connectivity index is 0.00000320. The zero-order chi connectivity index (χ0) is 20.6. The van der Waals surface area contributed by atoms with Crippen LogP contribution in [0.15, 0.2) is 47.6 Å². The Labute approximate surface area is 195 Å². The monoisotopic (exact) mass is 522 g/mol. The molecule has 0 saturated heterocycles. The van der Waals surface area contributed by atoms with Gasteiger partial charge in [-0.3, -0.25) is 4.99 Å². The summed E-state index contributed by atoms with van der Waals surface area (Å²) in [4.78, 5) is 7.99. The van der Waals surface area contributed by atoms with Gasteiger partial charge in [0.05, 0.1) is 7.11 Å². The van der Waals surface area contributed by atoms with Crippen molar-refractivity contribution in [2.75, 3.05) is 26.7 Å². The van der Waals surface area contributed by atoms with Gasteiger partial charge in [-0.25, -0.2) is 0 Å². The first kappa shape index (κ1) is 23.9. The van der Waals surface area contributed by atoms with E-state index in [1.54, 1.807) is 13.2 Å². The largest absolute Gasteiger partial charge is 0.508 e. The number of hydrogen-bond acceptors (Lipinski definition) is 3. The fourth-order valence-electron chi connectivity index (χ4n) is 3.48. The van der Waals surface area contributed by atoms with Crippen LogP contribution in [-0.4, -0.2) is 42.8 Å². The Morgan fingerprint density at radius 2 is 1.97 bits per heavy atom. The molecule has 0 aliphatic rings. The number of phenols is 1. The number of methoxy groups -OCH3 is 1. The maximum Gasteiger partial charge on any atom is 0.191 e. The van der Waals surface area contributed by atoms with Crippen LogP contribution in [-0.2, 0) is 12.8 Å². The number of fused-ring (bicyclic) bond motifs is 1. The van der Waals surface area contributed by atoms with Crippen LogP contribution in [0.3, 0.4) is 0 Å². The highest BCUT2D eigenvalue weighted by molar-refractivity contribution is 14.0. The number of nitrogens with zero attached hydrogens (tertiary/aromatic N) is 1. The summed E-state index contributed by atoms with van der Waals surface area (Å²) in [5, 5.41) is 18.1. The van der Waals surface area contributed by atoms with Crippen molar-refractivity contribution >= 4 is 40.8 Å². The first-order valence-electron chi connectivity index (χ1n) is 10.1. The van der Waals surface area contributed by atoms with Crippen LogP contribution in [0.4, 0.5) is 0 Å².